The lowest BCUT2D eigenvalue weighted by molar-refractivity contribution is 0.943. The Morgan fingerprint density at radius 2 is 2.31 bits per heavy atom. The second-order valence-electron chi connectivity index (χ2n) is 3.09. The van der Waals surface area contributed by atoms with Crippen molar-refractivity contribution in [2.24, 2.45) is 7.05 Å². The lowest BCUT2D eigenvalue weighted by atomic mass is 10.2. The minimum absolute atomic E-state index is 0.145. The van der Waals surface area contributed by atoms with E-state index in [9.17, 15) is 4.79 Å². The third-order valence-electron chi connectivity index (χ3n) is 1.99. The Hall–Kier alpha value is -1.64. The molecule has 2 aromatic rings. The Morgan fingerprint density at radius 1 is 1.54 bits per heavy atom. The van der Waals surface area contributed by atoms with Gasteiger partial charge in [0.1, 0.15) is 5.52 Å². The van der Waals surface area contributed by atoms with E-state index in [0.29, 0.717) is 5.52 Å². The highest BCUT2D eigenvalue weighted by atomic mass is 16.1. The minimum atomic E-state index is -0.145. The standard InChI is InChI=1S/C10H9N2O/c1-7-5-8-10(11-6-7)9(13)3-4-12(8)2/h4-6H,1-2H3. The molecule has 0 N–H and O–H groups in total. The average Bonchev–Trinajstić information content (AvgIpc) is 2.12. The predicted molar refractivity (Wildman–Crippen MR) is 50.6 cm³/mol. The predicted octanol–water partition coefficient (Wildman–Crippen LogP) is 1.04. The van der Waals surface area contributed by atoms with Gasteiger partial charge in [0, 0.05) is 19.4 Å². The van der Waals surface area contributed by atoms with Gasteiger partial charge >= 0.3 is 0 Å². The summed E-state index contributed by atoms with van der Waals surface area (Å²) in [5, 5.41) is 0. The molecule has 0 bridgehead atoms. The van der Waals surface area contributed by atoms with Gasteiger partial charge in [0.25, 0.3) is 0 Å². The summed E-state index contributed by atoms with van der Waals surface area (Å²) < 4.78 is 1.84. The van der Waals surface area contributed by atoms with Crippen LogP contribution >= 0.6 is 0 Å². The number of nitrogens with zero attached hydrogens (tertiary/aromatic N) is 2. The number of hydrogen-bond acceptors (Lipinski definition) is 2. The van der Waals surface area contributed by atoms with Crippen LogP contribution < -0.4 is 5.43 Å². The van der Waals surface area contributed by atoms with Crippen LogP contribution in [0.25, 0.3) is 11.0 Å². The fraction of sp³-hybridized carbons (Fsp3) is 0.200. The fourth-order valence-electron chi connectivity index (χ4n) is 1.29. The zero-order chi connectivity index (χ0) is 9.42. The number of pyridine rings is 2. The van der Waals surface area contributed by atoms with Crippen molar-refractivity contribution in [3.05, 3.63) is 40.3 Å². The van der Waals surface area contributed by atoms with Crippen LogP contribution in [0, 0.1) is 13.0 Å². The zero-order valence-corrected chi connectivity index (χ0v) is 7.53. The summed E-state index contributed by atoms with van der Waals surface area (Å²) in [6.07, 6.45) is 3.32. The van der Waals surface area contributed by atoms with Crippen LogP contribution in [0.5, 0.6) is 0 Å². The molecule has 13 heavy (non-hydrogen) atoms. The average molecular weight is 173 g/mol. The minimum Gasteiger partial charge on any atom is -0.348 e. The van der Waals surface area contributed by atoms with Crippen molar-refractivity contribution in [3.63, 3.8) is 0 Å². The molecular weight excluding hydrogens is 164 g/mol. The van der Waals surface area contributed by atoms with E-state index in [0.717, 1.165) is 11.1 Å². The van der Waals surface area contributed by atoms with E-state index in [-0.39, 0.29) is 5.43 Å². The van der Waals surface area contributed by atoms with Gasteiger partial charge in [-0.05, 0) is 18.6 Å². The first-order chi connectivity index (χ1) is 6.18. The molecule has 0 unspecified atom stereocenters. The second-order valence-corrected chi connectivity index (χ2v) is 3.09. The van der Waals surface area contributed by atoms with Crippen molar-refractivity contribution in [3.8, 4) is 0 Å². The molecule has 3 nitrogen and oxygen atoms in total. The monoisotopic (exact) mass is 173 g/mol. The summed E-state index contributed by atoms with van der Waals surface area (Å²) in [6.45, 7) is 1.95. The van der Waals surface area contributed by atoms with Gasteiger partial charge in [-0.3, -0.25) is 9.78 Å². The van der Waals surface area contributed by atoms with Gasteiger partial charge in [-0.25, -0.2) is 0 Å². The fourth-order valence-corrected chi connectivity index (χ4v) is 1.29. The van der Waals surface area contributed by atoms with Gasteiger partial charge in [-0.15, -0.1) is 0 Å². The zero-order valence-electron chi connectivity index (χ0n) is 7.53. The van der Waals surface area contributed by atoms with Gasteiger partial charge in [-0.2, -0.15) is 0 Å². The van der Waals surface area contributed by atoms with E-state index in [1.54, 1.807) is 12.4 Å². The Balaban J connectivity index is 3.01. The normalized spacial score (nSPS) is 10.6. The molecule has 0 saturated carbocycles. The summed E-state index contributed by atoms with van der Waals surface area (Å²) in [4.78, 5) is 15.4. The lowest BCUT2D eigenvalue weighted by Gasteiger charge is -2.03. The Kier molecular flexibility index (Phi) is 1.65. The van der Waals surface area contributed by atoms with Crippen molar-refractivity contribution in [1.29, 1.82) is 0 Å². The molecule has 65 valence electrons. The number of rotatable bonds is 0. The first-order valence-electron chi connectivity index (χ1n) is 4.02. The van der Waals surface area contributed by atoms with Crippen LogP contribution in [0.2, 0.25) is 0 Å². The highest BCUT2D eigenvalue weighted by molar-refractivity contribution is 5.74. The molecule has 1 radical (unpaired) electrons. The third-order valence-corrected chi connectivity index (χ3v) is 1.99. The molecule has 0 spiro atoms. The number of fused-ring (bicyclic) bond motifs is 1. The van der Waals surface area contributed by atoms with Crippen LogP contribution in [0.15, 0.2) is 23.3 Å². The summed E-state index contributed by atoms with van der Waals surface area (Å²) in [6, 6.07) is 4.55. The van der Waals surface area contributed by atoms with Crippen molar-refractivity contribution >= 4 is 11.0 Å². The van der Waals surface area contributed by atoms with Crippen molar-refractivity contribution in [2.75, 3.05) is 0 Å². The van der Waals surface area contributed by atoms with E-state index >= 15 is 0 Å². The maximum Gasteiger partial charge on any atom is 0.215 e. The van der Waals surface area contributed by atoms with Crippen LogP contribution in [0.3, 0.4) is 0 Å². The van der Waals surface area contributed by atoms with Gasteiger partial charge in [-0.1, -0.05) is 0 Å². The van der Waals surface area contributed by atoms with Crippen molar-refractivity contribution in [1.82, 2.24) is 9.55 Å². The highest BCUT2D eigenvalue weighted by Gasteiger charge is 2.01. The first-order valence-corrected chi connectivity index (χ1v) is 4.02. The van der Waals surface area contributed by atoms with Crippen molar-refractivity contribution in [2.45, 2.75) is 6.92 Å². The maximum atomic E-state index is 11.3. The molecule has 2 aromatic heterocycles. The molecule has 0 atom stereocenters. The SMILES string of the molecule is Cc1cnc2c(=O)[c]cn(C)c2c1. The largest absolute Gasteiger partial charge is 0.348 e. The topological polar surface area (TPSA) is 34.9 Å². The number of aryl methyl sites for hydroxylation is 2. The van der Waals surface area contributed by atoms with Crippen LogP contribution in [-0.2, 0) is 7.05 Å². The molecule has 0 fully saturated rings. The van der Waals surface area contributed by atoms with Crippen LogP contribution in [-0.4, -0.2) is 9.55 Å². The summed E-state index contributed by atoms with van der Waals surface area (Å²) in [5.74, 6) is 0. The van der Waals surface area contributed by atoms with Gasteiger partial charge < -0.3 is 4.57 Å². The lowest BCUT2D eigenvalue weighted by Crippen LogP contribution is -2.07. The quantitative estimate of drug-likeness (QED) is 0.596. The van der Waals surface area contributed by atoms with Gasteiger partial charge in [0.05, 0.1) is 11.6 Å². The van der Waals surface area contributed by atoms with Crippen LogP contribution in [0.1, 0.15) is 5.56 Å². The molecule has 3 heteroatoms. The number of aromatic nitrogens is 2. The molecule has 2 heterocycles. The van der Waals surface area contributed by atoms with Gasteiger partial charge in [0.15, 0.2) is 0 Å². The molecule has 0 saturated heterocycles. The molecular formula is C10H9N2O. The maximum absolute atomic E-state index is 11.3. The first kappa shape index (κ1) is 7.98. The molecule has 0 aliphatic carbocycles. The van der Waals surface area contributed by atoms with E-state index in [2.05, 4.69) is 11.1 Å². The molecule has 0 aliphatic rings. The molecule has 0 amide bonds. The van der Waals surface area contributed by atoms with E-state index in [1.807, 2.05) is 24.6 Å². The summed E-state index contributed by atoms with van der Waals surface area (Å²) >= 11 is 0. The van der Waals surface area contributed by atoms with E-state index < -0.39 is 0 Å². The smallest absolute Gasteiger partial charge is 0.215 e. The van der Waals surface area contributed by atoms with E-state index in [4.69, 9.17) is 0 Å². The summed E-state index contributed by atoms with van der Waals surface area (Å²) in [5.41, 5.74) is 2.24. The number of hydrogen-bond donors (Lipinski definition) is 0. The molecule has 0 aromatic carbocycles. The Bertz CT molecular complexity index is 514. The van der Waals surface area contributed by atoms with E-state index in [1.165, 1.54) is 0 Å². The molecule has 0 aliphatic heterocycles. The second kappa shape index (κ2) is 2.69. The van der Waals surface area contributed by atoms with Crippen LogP contribution in [0.4, 0.5) is 0 Å². The van der Waals surface area contributed by atoms with Crippen molar-refractivity contribution < 1.29 is 0 Å². The Labute approximate surface area is 75.7 Å². The highest BCUT2D eigenvalue weighted by Crippen LogP contribution is 2.07. The Morgan fingerprint density at radius 3 is 3.08 bits per heavy atom. The molecule has 2 rings (SSSR count). The van der Waals surface area contributed by atoms with Gasteiger partial charge in [0.2, 0.25) is 5.43 Å². The summed E-state index contributed by atoms with van der Waals surface area (Å²) in [7, 11) is 1.87. The third kappa shape index (κ3) is 1.22.